The van der Waals surface area contributed by atoms with Crippen LogP contribution in [0.15, 0.2) is 36.5 Å². The van der Waals surface area contributed by atoms with E-state index in [4.69, 9.17) is 56.8 Å². The average molecular weight is 867 g/mol. The topological polar surface area (TPSA) is 182 Å². The summed E-state index contributed by atoms with van der Waals surface area (Å²) in [5.41, 5.74) is -0.829. The molecule has 0 saturated carbocycles. The highest BCUT2D eigenvalue weighted by Gasteiger charge is 2.58. The summed E-state index contributed by atoms with van der Waals surface area (Å²) in [7, 11) is 6.08. The summed E-state index contributed by atoms with van der Waals surface area (Å²) in [6.45, 7) is 14.7. The van der Waals surface area contributed by atoms with Crippen molar-refractivity contribution in [2.45, 2.75) is 173 Å². The summed E-state index contributed by atoms with van der Waals surface area (Å²) in [6.07, 6.45) is 0.932. The van der Waals surface area contributed by atoms with E-state index in [0.29, 0.717) is 12.3 Å². The number of methoxy groups -OCH3 is 4. The Labute approximate surface area is 360 Å². The van der Waals surface area contributed by atoms with E-state index >= 15 is 0 Å². The Morgan fingerprint density at radius 3 is 2.10 bits per heavy atom. The van der Waals surface area contributed by atoms with Crippen molar-refractivity contribution < 1.29 is 76.3 Å². The molecular formula is C45H70O16. The van der Waals surface area contributed by atoms with Crippen LogP contribution in [0.3, 0.4) is 0 Å². The summed E-state index contributed by atoms with van der Waals surface area (Å²) in [4.78, 5) is 40.4. The van der Waals surface area contributed by atoms with Gasteiger partial charge >= 0.3 is 11.9 Å². The molecule has 0 spiro atoms. The number of hydrogen-bond donors (Lipinski definition) is 1. The van der Waals surface area contributed by atoms with Crippen molar-refractivity contribution in [1.82, 2.24) is 0 Å². The first-order valence-corrected chi connectivity index (χ1v) is 21.5. The zero-order valence-electron chi connectivity index (χ0n) is 37.9. The first-order valence-electron chi connectivity index (χ1n) is 21.5. The lowest BCUT2D eigenvalue weighted by atomic mass is 9.77. The van der Waals surface area contributed by atoms with Crippen LogP contribution < -0.4 is 0 Å². The van der Waals surface area contributed by atoms with Gasteiger partial charge in [-0.25, -0.2) is 0 Å². The largest absolute Gasteiger partial charge is 0.457 e. The molecule has 5 rings (SSSR count). The highest BCUT2D eigenvalue weighted by Crippen LogP contribution is 2.46. The molecule has 17 unspecified atom stereocenters. The summed E-state index contributed by atoms with van der Waals surface area (Å²) >= 11 is 0. The Kier molecular flexibility index (Phi) is 17.3. The second-order valence-corrected chi connectivity index (χ2v) is 17.9. The van der Waals surface area contributed by atoms with E-state index < -0.39 is 127 Å². The molecule has 0 aromatic rings. The highest BCUT2D eigenvalue weighted by atomic mass is 16.8. The minimum absolute atomic E-state index is 0.115. The number of aliphatic hydroxyl groups is 1. The van der Waals surface area contributed by atoms with Crippen LogP contribution in [0, 0.1) is 23.2 Å². The predicted molar refractivity (Wildman–Crippen MR) is 219 cm³/mol. The summed E-state index contributed by atoms with van der Waals surface area (Å²) in [6, 6.07) is 0. The zero-order chi connectivity index (χ0) is 44.8. The molecule has 16 heteroatoms. The van der Waals surface area contributed by atoms with Gasteiger partial charge in [-0.3, -0.25) is 14.4 Å². The van der Waals surface area contributed by atoms with Gasteiger partial charge in [0, 0.05) is 65.5 Å². The summed E-state index contributed by atoms with van der Waals surface area (Å²) < 4.78 is 73.8. The van der Waals surface area contributed by atoms with Gasteiger partial charge in [-0.2, -0.15) is 0 Å². The van der Waals surface area contributed by atoms with Gasteiger partial charge in [0.15, 0.2) is 24.5 Å². The third-order valence-electron chi connectivity index (χ3n) is 12.8. The number of hydrogen-bond acceptors (Lipinski definition) is 16. The van der Waals surface area contributed by atoms with Crippen molar-refractivity contribution in [3.05, 3.63) is 36.5 Å². The van der Waals surface area contributed by atoms with Crippen LogP contribution in [-0.4, -0.2) is 149 Å². The Morgan fingerprint density at radius 2 is 1.46 bits per heavy atom. The van der Waals surface area contributed by atoms with Crippen molar-refractivity contribution in [3.63, 3.8) is 0 Å². The molecule has 16 nitrogen and oxygen atoms in total. The van der Waals surface area contributed by atoms with E-state index in [0.717, 1.165) is 0 Å². The van der Waals surface area contributed by atoms with Crippen LogP contribution >= 0.6 is 0 Å². The standard InChI is InChI=1S/C45H70O16/c1-24(2)17-15-13-14-16-18-34-44(7,8)35-19-25(3)45(49,61-35)33(47)21-29-20-30(26(4)31(57-29)22-36(48)59-34)58-42-40(52-11)38(32(23-54-42)56-28(6)46)60-43-41(53-12)39(51-10)37(50-9)27(5)55-43/h13-18,24-27,29-32,34-35,37-43,49H,19-23H2,1-12H3/b14-13+,17-15+,18-16+. The second-order valence-electron chi connectivity index (χ2n) is 17.9. The third-order valence-corrected chi connectivity index (χ3v) is 12.8. The Bertz CT molecular complexity index is 1560. The summed E-state index contributed by atoms with van der Waals surface area (Å²) in [5.74, 6) is -4.23. The third kappa shape index (κ3) is 11.4. The van der Waals surface area contributed by atoms with Gasteiger partial charge in [-0.1, -0.05) is 71.9 Å². The minimum Gasteiger partial charge on any atom is -0.457 e. The summed E-state index contributed by atoms with van der Waals surface area (Å²) in [5, 5.41) is 11.9. The van der Waals surface area contributed by atoms with Crippen molar-refractivity contribution in [3.8, 4) is 0 Å². The van der Waals surface area contributed by atoms with Crippen molar-refractivity contribution in [2.75, 3.05) is 35.0 Å². The van der Waals surface area contributed by atoms with Crippen molar-refractivity contribution >= 4 is 17.7 Å². The smallest absolute Gasteiger partial charge is 0.309 e. The first-order chi connectivity index (χ1) is 28.9. The number of carbonyl (C=O) groups excluding carboxylic acids is 3. The van der Waals surface area contributed by atoms with Crippen molar-refractivity contribution in [1.29, 1.82) is 0 Å². The molecule has 61 heavy (non-hydrogen) atoms. The number of cyclic esters (lactones) is 1. The lowest BCUT2D eigenvalue weighted by Gasteiger charge is -2.48. The molecule has 5 fully saturated rings. The number of allylic oxidation sites excluding steroid dienone is 5. The number of ether oxygens (including phenoxy) is 12. The molecule has 0 radical (unpaired) electrons. The molecule has 0 aromatic heterocycles. The average Bonchev–Trinajstić information content (AvgIpc) is 3.52. The second kappa shape index (κ2) is 21.4. The van der Waals surface area contributed by atoms with Gasteiger partial charge in [0.25, 0.3) is 0 Å². The van der Waals surface area contributed by atoms with Crippen molar-refractivity contribution in [2.24, 2.45) is 23.2 Å². The molecule has 0 amide bonds. The van der Waals surface area contributed by atoms with Gasteiger partial charge in [0.2, 0.25) is 5.79 Å². The van der Waals surface area contributed by atoms with Gasteiger partial charge in [0.05, 0.1) is 43.5 Å². The lowest BCUT2D eigenvalue weighted by Crippen LogP contribution is -2.64. The fourth-order valence-corrected chi connectivity index (χ4v) is 9.09. The Balaban J connectivity index is 1.42. The van der Waals surface area contributed by atoms with Gasteiger partial charge in [0.1, 0.15) is 36.6 Å². The van der Waals surface area contributed by atoms with E-state index in [1.54, 1.807) is 27.2 Å². The molecule has 0 aromatic carbocycles. The number of ketones is 1. The fraction of sp³-hybridized carbons (Fsp3) is 0.800. The maximum absolute atomic E-state index is 14.1. The van der Waals surface area contributed by atoms with Crippen LogP contribution in [-0.2, 0) is 71.2 Å². The number of esters is 2. The van der Waals surface area contributed by atoms with Gasteiger partial charge in [-0.05, 0) is 25.3 Å². The molecule has 17 atom stereocenters. The number of fused-ring (bicyclic) bond motifs is 4. The van der Waals surface area contributed by atoms with Crippen LogP contribution in [0.1, 0.15) is 81.1 Å². The van der Waals surface area contributed by atoms with E-state index in [-0.39, 0.29) is 25.9 Å². The van der Waals surface area contributed by atoms with E-state index in [2.05, 4.69) is 19.9 Å². The predicted octanol–water partition coefficient (Wildman–Crippen LogP) is 4.38. The molecule has 4 bridgehead atoms. The fourth-order valence-electron chi connectivity index (χ4n) is 9.09. The quantitative estimate of drug-likeness (QED) is 0.203. The zero-order valence-corrected chi connectivity index (χ0v) is 37.9. The Hall–Kier alpha value is -2.61. The molecular weight excluding hydrogens is 796 g/mol. The van der Waals surface area contributed by atoms with Crippen LogP contribution in [0.25, 0.3) is 0 Å². The lowest BCUT2D eigenvalue weighted by molar-refractivity contribution is -0.358. The number of carbonyl (C=O) groups is 3. The van der Waals surface area contributed by atoms with Crippen LogP contribution in [0.5, 0.6) is 0 Å². The van der Waals surface area contributed by atoms with Gasteiger partial charge < -0.3 is 61.9 Å². The van der Waals surface area contributed by atoms with Crippen LogP contribution in [0.2, 0.25) is 0 Å². The SMILES string of the molecule is COC1C(C)OC(OC2C(OC(C)=O)COC(OC3CC4CC(=O)C5(O)OC(CC5C)C(C)(C)C(/C=C/C=C/C=C/C(C)C)OC(=O)CC(O4)C3C)C2OC)C(OC)C1OC. The molecule has 346 valence electrons. The maximum atomic E-state index is 14.1. The normalized spacial score (nSPS) is 42.4. The molecule has 5 aliphatic rings. The number of Topliss-reactive ketones (excluding diaryl/α,β-unsaturated/α-hetero) is 1. The molecule has 5 heterocycles. The van der Waals surface area contributed by atoms with Crippen LogP contribution in [0.4, 0.5) is 0 Å². The number of rotatable bonds is 13. The van der Waals surface area contributed by atoms with E-state index in [9.17, 15) is 19.5 Å². The first kappa shape index (κ1) is 49.4. The monoisotopic (exact) mass is 866 g/mol. The molecule has 0 aliphatic carbocycles. The minimum atomic E-state index is -2.08. The highest BCUT2D eigenvalue weighted by molar-refractivity contribution is 5.86. The molecule has 5 saturated heterocycles. The molecule has 5 aliphatic heterocycles. The Morgan fingerprint density at radius 1 is 0.803 bits per heavy atom. The van der Waals surface area contributed by atoms with Gasteiger partial charge in [-0.15, -0.1) is 0 Å². The molecule has 1 N–H and O–H groups in total. The van der Waals surface area contributed by atoms with E-state index in [1.807, 2.05) is 52.0 Å². The van der Waals surface area contributed by atoms with E-state index in [1.165, 1.54) is 21.1 Å². The maximum Gasteiger partial charge on any atom is 0.309 e.